The first-order chi connectivity index (χ1) is 22.2. The molecule has 0 saturated heterocycles. The van der Waals surface area contributed by atoms with Gasteiger partial charge in [0.05, 0.1) is 11.0 Å². The third-order valence-electron chi connectivity index (χ3n) is 8.25. The summed E-state index contributed by atoms with van der Waals surface area (Å²) < 4.78 is 3.67. The Hall–Kier alpha value is -4.34. The zero-order valence-corrected chi connectivity index (χ0v) is 27.7. The molecular formula is C36H48N6O4. The number of amides is 2. The molecule has 10 heteroatoms. The van der Waals surface area contributed by atoms with Gasteiger partial charge in [-0.2, -0.15) is 0 Å². The summed E-state index contributed by atoms with van der Waals surface area (Å²) in [4.78, 5) is 24.8. The van der Waals surface area contributed by atoms with Crippen LogP contribution in [0.3, 0.4) is 0 Å². The zero-order chi connectivity index (χ0) is 33.1. The molecule has 4 rings (SSSR count). The predicted octanol–water partition coefficient (Wildman–Crippen LogP) is 10.1. The smallest absolute Gasteiger partial charge is 0.264 e. The number of benzene rings is 2. The lowest BCUT2D eigenvalue weighted by atomic mass is 10.1. The third kappa shape index (κ3) is 9.11. The zero-order valence-electron chi connectivity index (χ0n) is 27.7. The predicted molar refractivity (Wildman–Crippen MR) is 182 cm³/mol. The number of azo groups is 2. The van der Waals surface area contributed by atoms with Crippen molar-refractivity contribution in [2.75, 3.05) is 0 Å². The van der Waals surface area contributed by atoms with Gasteiger partial charge in [-0.05, 0) is 49.7 Å². The molecule has 2 N–H and O–H groups in total. The number of carbonyl (C=O) groups is 2. The molecule has 0 aliphatic carbocycles. The fraction of sp³-hybridized carbons (Fsp3) is 0.500. The number of nitrogens with zero attached hydrogens (tertiary/aromatic N) is 6. The Morgan fingerprint density at radius 3 is 1.37 bits per heavy atom. The highest BCUT2D eigenvalue weighted by atomic mass is 16.3. The summed E-state index contributed by atoms with van der Waals surface area (Å²) in [5.74, 6) is 0.467. The van der Waals surface area contributed by atoms with E-state index in [1.54, 1.807) is 0 Å². The lowest BCUT2D eigenvalue weighted by molar-refractivity contribution is -0.119. The van der Waals surface area contributed by atoms with E-state index in [9.17, 15) is 19.8 Å². The highest BCUT2D eigenvalue weighted by Gasteiger charge is 2.18. The van der Waals surface area contributed by atoms with Crippen LogP contribution in [-0.2, 0) is 22.7 Å². The molecule has 0 aliphatic heterocycles. The van der Waals surface area contributed by atoms with E-state index in [1.165, 1.54) is 0 Å². The van der Waals surface area contributed by atoms with E-state index in [0.29, 0.717) is 62.0 Å². The van der Waals surface area contributed by atoms with Crippen LogP contribution in [-0.4, -0.2) is 31.2 Å². The molecule has 0 bridgehead atoms. The summed E-state index contributed by atoms with van der Waals surface area (Å²) in [7, 11) is 0. The van der Waals surface area contributed by atoms with E-state index < -0.39 is 0 Å². The summed E-state index contributed by atoms with van der Waals surface area (Å²) in [6, 6.07) is 15.3. The van der Waals surface area contributed by atoms with E-state index in [-0.39, 0.29) is 23.6 Å². The van der Waals surface area contributed by atoms with Gasteiger partial charge in [0, 0.05) is 36.7 Å². The van der Waals surface area contributed by atoms with E-state index in [4.69, 9.17) is 0 Å². The number of fused-ring (bicyclic) bond motifs is 2. The van der Waals surface area contributed by atoms with Crippen LogP contribution in [0.5, 0.6) is 11.8 Å². The van der Waals surface area contributed by atoms with Gasteiger partial charge in [0.25, 0.3) is 11.8 Å². The second kappa shape index (κ2) is 16.8. The van der Waals surface area contributed by atoms with E-state index >= 15 is 0 Å². The molecule has 246 valence electrons. The molecule has 0 atom stereocenters. The molecule has 2 aromatic carbocycles. The minimum absolute atomic E-state index is 0.0428. The maximum absolute atomic E-state index is 12.4. The average Bonchev–Trinajstić information content (AvgIpc) is 3.46. The molecular weight excluding hydrogens is 580 g/mol. The van der Waals surface area contributed by atoms with E-state index in [1.807, 2.05) is 57.7 Å². The van der Waals surface area contributed by atoms with Crippen molar-refractivity contribution in [2.45, 2.75) is 105 Å². The molecule has 2 aromatic heterocycles. The standard InChI is InChI=1S/C36H48N6O4/c1-25(2)21-23-41-29-17-13-11-15-27(29)33(35(41)45)39-37-31(43)19-9-7-5-6-8-10-20-32(44)38-40-34-28-16-12-14-18-30(28)42(36(34)46)24-22-26(3)4/h11-18,25-26,45-46H,5-10,19-24H2,1-4H3. The Morgan fingerprint density at radius 1 is 0.609 bits per heavy atom. The van der Waals surface area contributed by atoms with Gasteiger partial charge in [0.15, 0.2) is 11.4 Å². The molecule has 0 aliphatic rings. The first kappa shape index (κ1) is 34.5. The van der Waals surface area contributed by atoms with Crippen LogP contribution in [0.4, 0.5) is 11.4 Å². The number of aromatic hydroxyl groups is 2. The lowest BCUT2D eigenvalue weighted by Crippen LogP contribution is -2.00. The lowest BCUT2D eigenvalue weighted by Gasteiger charge is -2.08. The second-order valence-electron chi connectivity index (χ2n) is 12.9. The third-order valence-corrected chi connectivity index (χ3v) is 8.25. The van der Waals surface area contributed by atoms with Crippen molar-refractivity contribution < 1.29 is 19.8 Å². The molecule has 10 nitrogen and oxygen atoms in total. The highest BCUT2D eigenvalue weighted by molar-refractivity contribution is 5.96. The number of carbonyl (C=O) groups excluding carboxylic acids is 2. The molecule has 0 fully saturated rings. The van der Waals surface area contributed by atoms with Crippen LogP contribution in [0, 0.1) is 11.8 Å². The Morgan fingerprint density at radius 2 is 0.978 bits per heavy atom. The maximum Gasteiger partial charge on any atom is 0.264 e. The number of unbranched alkanes of at least 4 members (excludes halogenated alkanes) is 5. The largest absolute Gasteiger partial charge is 0.493 e. The topological polar surface area (TPSA) is 134 Å². The first-order valence-corrected chi connectivity index (χ1v) is 16.7. The molecule has 2 amide bonds. The quantitative estimate of drug-likeness (QED) is 0.0888. The van der Waals surface area contributed by atoms with Crippen LogP contribution in [0.15, 0.2) is 69.0 Å². The van der Waals surface area contributed by atoms with Crippen molar-refractivity contribution in [2.24, 2.45) is 32.3 Å². The Bertz CT molecular complexity index is 1560. The second-order valence-corrected chi connectivity index (χ2v) is 12.9. The Balaban J connectivity index is 1.16. The summed E-state index contributed by atoms with van der Waals surface area (Å²) in [5.41, 5.74) is 2.44. The highest BCUT2D eigenvalue weighted by Crippen LogP contribution is 2.40. The fourth-order valence-corrected chi connectivity index (χ4v) is 5.54. The van der Waals surface area contributed by atoms with Gasteiger partial charge in [-0.1, -0.05) is 89.8 Å². The molecule has 0 radical (unpaired) electrons. The fourth-order valence-electron chi connectivity index (χ4n) is 5.54. The van der Waals surface area contributed by atoms with Gasteiger partial charge in [0.2, 0.25) is 11.8 Å². The molecule has 0 saturated carbocycles. The molecule has 4 aromatic rings. The van der Waals surface area contributed by atoms with Crippen LogP contribution in [0.1, 0.15) is 91.9 Å². The van der Waals surface area contributed by atoms with Gasteiger partial charge >= 0.3 is 0 Å². The van der Waals surface area contributed by atoms with Crippen molar-refractivity contribution in [3.05, 3.63) is 48.5 Å². The number of hydrogen-bond acceptors (Lipinski definition) is 6. The number of hydrogen-bond donors (Lipinski definition) is 2. The van der Waals surface area contributed by atoms with Crippen molar-refractivity contribution in [1.29, 1.82) is 0 Å². The Labute approximate surface area is 271 Å². The van der Waals surface area contributed by atoms with Crippen LogP contribution < -0.4 is 0 Å². The normalized spacial score (nSPS) is 12.2. The number of para-hydroxylation sites is 2. The van der Waals surface area contributed by atoms with Crippen LogP contribution in [0.2, 0.25) is 0 Å². The maximum atomic E-state index is 12.4. The first-order valence-electron chi connectivity index (χ1n) is 16.7. The van der Waals surface area contributed by atoms with Crippen molar-refractivity contribution in [1.82, 2.24) is 9.13 Å². The number of aryl methyl sites for hydroxylation is 2. The van der Waals surface area contributed by atoms with Crippen molar-refractivity contribution >= 4 is 45.0 Å². The molecule has 0 spiro atoms. The van der Waals surface area contributed by atoms with Crippen LogP contribution in [0.25, 0.3) is 21.8 Å². The van der Waals surface area contributed by atoms with Crippen LogP contribution >= 0.6 is 0 Å². The van der Waals surface area contributed by atoms with Gasteiger partial charge in [-0.3, -0.25) is 9.59 Å². The monoisotopic (exact) mass is 628 g/mol. The molecule has 0 unspecified atom stereocenters. The van der Waals surface area contributed by atoms with E-state index in [0.717, 1.165) is 60.3 Å². The number of aromatic nitrogens is 2. The summed E-state index contributed by atoms with van der Waals surface area (Å²) in [5, 5.41) is 39.3. The van der Waals surface area contributed by atoms with Crippen molar-refractivity contribution in [3.63, 3.8) is 0 Å². The van der Waals surface area contributed by atoms with E-state index in [2.05, 4.69) is 48.2 Å². The molecule has 2 heterocycles. The summed E-state index contributed by atoms with van der Waals surface area (Å²) >= 11 is 0. The minimum Gasteiger partial charge on any atom is -0.493 e. The van der Waals surface area contributed by atoms with Gasteiger partial charge in [-0.25, -0.2) is 0 Å². The summed E-state index contributed by atoms with van der Waals surface area (Å²) in [6.07, 6.45) is 7.53. The number of rotatable bonds is 17. The Kier molecular flexibility index (Phi) is 12.6. The van der Waals surface area contributed by atoms with Gasteiger partial charge < -0.3 is 19.3 Å². The summed E-state index contributed by atoms with van der Waals surface area (Å²) in [6.45, 7) is 9.90. The van der Waals surface area contributed by atoms with Gasteiger partial charge in [0.1, 0.15) is 0 Å². The average molecular weight is 629 g/mol. The van der Waals surface area contributed by atoms with Gasteiger partial charge in [-0.15, -0.1) is 20.5 Å². The van der Waals surface area contributed by atoms with Crippen molar-refractivity contribution in [3.8, 4) is 11.8 Å². The minimum atomic E-state index is -0.302. The molecule has 46 heavy (non-hydrogen) atoms. The SMILES string of the molecule is CC(C)CCn1c(O)c(N=NC(=O)CCCCCCCCC(=O)N=Nc2c(O)n(CCC(C)C)c3ccccc23)c2ccccc21.